The molecule has 0 bridgehead atoms. The van der Waals surface area contributed by atoms with Crippen molar-refractivity contribution in [1.29, 1.82) is 0 Å². The minimum Gasteiger partial charge on any atom is -0.397 e. The highest BCUT2D eigenvalue weighted by Gasteiger charge is 2.31. The number of nitrogens with two attached hydrogens (primary N) is 1. The van der Waals surface area contributed by atoms with Gasteiger partial charge in [-0.05, 0) is 25.5 Å². The number of benzene rings is 1. The highest BCUT2D eigenvalue weighted by Crippen LogP contribution is 2.34. The summed E-state index contributed by atoms with van der Waals surface area (Å²) in [7, 11) is 0. The highest BCUT2D eigenvalue weighted by atomic mass is 32.1. The molecule has 1 amide bonds. The Hall–Kier alpha value is -1.76. The lowest BCUT2D eigenvalue weighted by molar-refractivity contribution is -0.138. The number of carbonyl (C=O) groups is 1. The summed E-state index contributed by atoms with van der Waals surface area (Å²) in [6, 6.07) is 4.58. The number of nitrogens with one attached hydrogen (secondary N) is 1. The normalized spacial score (nSPS) is 13.4. The second-order valence-corrected chi connectivity index (χ2v) is 6.09. The Labute approximate surface area is 123 Å². The summed E-state index contributed by atoms with van der Waals surface area (Å²) in [5.74, 6) is -0.567. The first-order valence-corrected chi connectivity index (χ1v) is 7.15. The first-order chi connectivity index (χ1) is 9.67. The van der Waals surface area contributed by atoms with Gasteiger partial charge in [0.05, 0.1) is 12.1 Å². The first kappa shape index (κ1) is 15.6. The molecule has 3 nitrogen and oxygen atoms in total. The maximum atomic E-state index is 12.3. The van der Waals surface area contributed by atoms with Gasteiger partial charge in [0, 0.05) is 16.1 Å². The van der Waals surface area contributed by atoms with Gasteiger partial charge in [-0.1, -0.05) is 12.1 Å². The van der Waals surface area contributed by atoms with Crippen LogP contribution >= 0.6 is 11.3 Å². The van der Waals surface area contributed by atoms with Crippen LogP contribution < -0.4 is 11.1 Å². The molecule has 0 aliphatic carbocycles. The summed E-state index contributed by atoms with van der Waals surface area (Å²) >= 11 is 1.19. The number of hydrogen-bond acceptors (Lipinski definition) is 3. The van der Waals surface area contributed by atoms with Crippen LogP contribution in [0.1, 0.15) is 28.6 Å². The van der Waals surface area contributed by atoms with Gasteiger partial charge >= 0.3 is 6.18 Å². The molecule has 0 saturated heterocycles. The van der Waals surface area contributed by atoms with E-state index in [-0.39, 0.29) is 4.88 Å². The van der Waals surface area contributed by atoms with Crippen molar-refractivity contribution in [2.75, 3.05) is 5.73 Å². The van der Waals surface area contributed by atoms with E-state index in [1.165, 1.54) is 18.3 Å². The van der Waals surface area contributed by atoms with E-state index < -0.39 is 24.5 Å². The molecule has 114 valence electrons. The minimum absolute atomic E-state index is 0.254. The summed E-state index contributed by atoms with van der Waals surface area (Å²) in [6.45, 7) is 3.24. The lowest BCUT2D eigenvalue weighted by atomic mass is 10.1. The minimum atomic E-state index is -4.31. The van der Waals surface area contributed by atoms with E-state index in [9.17, 15) is 18.0 Å². The molecule has 7 heteroatoms. The molecule has 1 atom stereocenters. The van der Waals surface area contributed by atoms with E-state index in [1.54, 1.807) is 0 Å². The highest BCUT2D eigenvalue weighted by molar-refractivity contribution is 7.21. The number of aryl methyl sites for hydroxylation is 1. The van der Waals surface area contributed by atoms with Crippen LogP contribution in [-0.2, 0) is 0 Å². The molecule has 1 aromatic heterocycles. The summed E-state index contributed by atoms with van der Waals surface area (Å²) in [6.07, 6.45) is -5.38. The Morgan fingerprint density at radius 2 is 2.10 bits per heavy atom. The topological polar surface area (TPSA) is 55.1 Å². The van der Waals surface area contributed by atoms with E-state index >= 15 is 0 Å². The lowest BCUT2D eigenvalue weighted by Crippen LogP contribution is -2.35. The average Bonchev–Trinajstić information content (AvgIpc) is 2.63. The van der Waals surface area contributed by atoms with Crippen LogP contribution in [0.5, 0.6) is 0 Å². The monoisotopic (exact) mass is 316 g/mol. The first-order valence-electron chi connectivity index (χ1n) is 6.33. The third kappa shape index (κ3) is 3.66. The van der Waals surface area contributed by atoms with E-state index in [4.69, 9.17) is 5.73 Å². The molecule has 0 saturated carbocycles. The molecule has 1 aromatic carbocycles. The average molecular weight is 316 g/mol. The predicted octanol–water partition coefficient (Wildman–Crippen LogP) is 3.86. The number of carbonyl (C=O) groups excluding carboxylic acids is 1. The van der Waals surface area contributed by atoms with Gasteiger partial charge in [0.15, 0.2) is 0 Å². The molecule has 0 fully saturated rings. The SMILES string of the molecule is Cc1ccc2c(N)c(C(=O)NC(C)CC(F)(F)F)sc2c1. The van der Waals surface area contributed by atoms with Crippen molar-refractivity contribution >= 4 is 33.0 Å². The van der Waals surface area contributed by atoms with E-state index in [0.717, 1.165) is 15.6 Å². The molecule has 21 heavy (non-hydrogen) atoms. The van der Waals surface area contributed by atoms with Gasteiger partial charge in [-0.15, -0.1) is 11.3 Å². The number of fused-ring (bicyclic) bond motifs is 1. The molecular weight excluding hydrogens is 301 g/mol. The Bertz CT molecular complexity index is 679. The fraction of sp³-hybridized carbons (Fsp3) is 0.357. The van der Waals surface area contributed by atoms with Crippen LogP contribution in [0.2, 0.25) is 0 Å². The summed E-state index contributed by atoms with van der Waals surface area (Å²) in [4.78, 5) is 12.3. The van der Waals surface area contributed by atoms with Crippen molar-refractivity contribution in [3.63, 3.8) is 0 Å². The zero-order valence-electron chi connectivity index (χ0n) is 11.5. The van der Waals surface area contributed by atoms with Gasteiger partial charge in [-0.25, -0.2) is 0 Å². The summed E-state index contributed by atoms with van der Waals surface area (Å²) < 4.78 is 37.7. The van der Waals surface area contributed by atoms with Gasteiger partial charge < -0.3 is 11.1 Å². The molecular formula is C14H15F3N2OS. The van der Waals surface area contributed by atoms with Crippen molar-refractivity contribution in [2.45, 2.75) is 32.5 Å². The van der Waals surface area contributed by atoms with Crippen LogP contribution in [0, 0.1) is 6.92 Å². The lowest BCUT2D eigenvalue weighted by Gasteiger charge is -2.15. The molecule has 3 N–H and O–H groups in total. The molecule has 1 unspecified atom stereocenters. The molecule has 1 heterocycles. The van der Waals surface area contributed by atoms with E-state index in [0.29, 0.717) is 5.69 Å². The molecule has 0 radical (unpaired) electrons. The van der Waals surface area contributed by atoms with Crippen LogP contribution in [0.4, 0.5) is 18.9 Å². The number of anilines is 1. The third-order valence-corrected chi connectivity index (χ3v) is 4.17. The number of rotatable bonds is 3. The van der Waals surface area contributed by atoms with Crippen molar-refractivity contribution in [3.05, 3.63) is 28.6 Å². The Kier molecular flexibility index (Phi) is 4.13. The largest absolute Gasteiger partial charge is 0.397 e. The van der Waals surface area contributed by atoms with Crippen molar-refractivity contribution < 1.29 is 18.0 Å². The van der Waals surface area contributed by atoms with Crippen LogP contribution in [0.25, 0.3) is 10.1 Å². The predicted molar refractivity (Wildman–Crippen MR) is 78.6 cm³/mol. The number of thiophene rings is 1. The molecule has 0 spiro atoms. The molecule has 0 aliphatic rings. The van der Waals surface area contributed by atoms with E-state index in [2.05, 4.69) is 5.32 Å². The fourth-order valence-electron chi connectivity index (χ4n) is 2.08. The molecule has 2 rings (SSSR count). The Morgan fingerprint density at radius 3 is 2.71 bits per heavy atom. The second-order valence-electron chi connectivity index (χ2n) is 5.04. The van der Waals surface area contributed by atoms with Gasteiger partial charge in [-0.2, -0.15) is 13.2 Å². The Morgan fingerprint density at radius 1 is 1.43 bits per heavy atom. The van der Waals surface area contributed by atoms with Crippen LogP contribution in [-0.4, -0.2) is 18.1 Å². The molecule has 0 aliphatic heterocycles. The van der Waals surface area contributed by atoms with Gasteiger partial charge in [0.2, 0.25) is 0 Å². The zero-order valence-corrected chi connectivity index (χ0v) is 12.4. The number of alkyl halides is 3. The number of hydrogen-bond donors (Lipinski definition) is 2. The second kappa shape index (κ2) is 5.55. The number of amides is 1. The van der Waals surface area contributed by atoms with Gasteiger partial charge in [-0.3, -0.25) is 4.79 Å². The maximum Gasteiger partial charge on any atom is 0.391 e. The van der Waals surface area contributed by atoms with Crippen LogP contribution in [0.15, 0.2) is 18.2 Å². The third-order valence-electron chi connectivity index (χ3n) is 3.01. The van der Waals surface area contributed by atoms with Crippen LogP contribution in [0.3, 0.4) is 0 Å². The van der Waals surface area contributed by atoms with Crippen molar-refractivity contribution in [2.24, 2.45) is 0 Å². The number of halogens is 3. The van der Waals surface area contributed by atoms with Crippen molar-refractivity contribution in [1.82, 2.24) is 5.32 Å². The fourth-order valence-corrected chi connectivity index (χ4v) is 3.20. The molecule has 2 aromatic rings. The Balaban J connectivity index is 2.22. The number of nitrogen functional groups attached to an aromatic ring is 1. The van der Waals surface area contributed by atoms with Gasteiger partial charge in [0.1, 0.15) is 4.88 Å². The summed E-state index contributed by atoms with van der Waals surface area (Å²) in [5.41, 5.74) is 7.26. The standard InChI is InChI=1S/C14H15F3N2OS/c1-7-3-4-9-10(5-7)21-12(11(9)18)13(20)19-8(2)6-14(15,16)17/h3-5,8H,6,18H2,1-2H3,(H,19,20). The summed E-state index contributed by atoms with van der Waals surface area (Å²) in [5, 5.41) is 3.09. The quantitative estimate of drug-likeness (QED) is 0.903. The van der Waals surface area contributed by atoms with Crippen molar-refractivity contribution in [3.8, 4) is 0 Å². The zero-order chi connectivity index (χ0) is 15.8. The smallest absolute Gasteiger partial charge is 0.391 e. The van der Waals surface area contributed by atoms with E-state index in [1.807, 2.05) is 25.1 Å². The van der Waals surface area contributed by atoms with Gasteiger partial charge in [0.25, 0.3) is 5.91 Å². The maximum absolute atomic E-state index is 12.3.